The van der Waals surface area contributed by atoms with Crippen LogP contribution < -0.4 is 5.32 Å². The zero-order chi connectivity index (χ0) is 13.6. The van der Waals surface area contributed by atoms with E-state index in [1.54, 1.807) is 0 Å². The highest BCUT2D eigenvalue weighted by Gasteiger charge is 2.10. The van der Waals surface area contributed by atoms with Crippen LogP contribution in [0.4, 0.5) is 0 Å². The van der Waals surface area contributed by atoms with Gasteiger partial charge in [-0.15, -0.1) is 6.58 Å². The predicted molar refractivity (Wildman–Crippen MR) is 72.2 cm³/mol. The maximum atomic E-state index is 5.47. The first kappa shape index (κ1) is 14.9. The van der Waals surface area contributed by atoms with Gasteiger partial charge in [-0.05, 0) is 34.1 Å². The first-order chi connectivity index (χ1) is 8.37. The van der Waals surface area contributed by atoms with Crippen LogP contribution in [0.3, 0.4) is 0 Å². The molecule has 4 nitrogen and oxygen atoms in total. The minimum atomic E-state index is 0.0805. The maximum absolute atomic E-state index is 5.47. The van der Waals surface area contributed by atoms with Gasteiger partial charge in [0.2, 0.25) is 0 Å². The predicted octanol–water partition coefficient (Wildman–Crippen LogP) is 3.05. The molecule has 1 N–H and O–H groups in total. The van der Waals surface area contributed by atoms with Crippen LogP contribution in [0.2, 0.25) is 0 Å². The fourth-order valence-corrected chi connectivity index (χ4v) is 1.28. The Kier molecular flexibility index (Phi) is 5.56. The van der Waals surface area contributed by atoms with E-state index in [0.717, 1.165) is 23.4 Å². The van der Waals surface area contributed by atoms with Crippen molar-refractivity contribution >= 4 is 0 Å². The Morgan fingerprint density at radius 2 is 2.22 bits per heavy atom. The fourth-order valence-electron chi connectivity index (χ4n) is 1.28. The summed E-state index contributed by atoms with van der Waals surface area (Å²) >= 11 is 0. The molecule has 102 valence electrons. The summed E-state index contributed by atoms with van der Waals surface area (Å²) in [5, 5.41) is 7.36. The average Bonchev–Trinajstić information content (AvgIpc) is 2.68. The van der Waals surface area contributed by atoms with Gasteiger partial charge >= 0.3 is 0 Å². The smallest absolute Gasteiger partial charge is 0.162 e. The molecule has 1 aromatic heterocycles. The summed E-state index contributed by atoms with van der Waals surface area (Å²) in [6.07, 6.45) is 0.882. The van der Waals surface area contributed by atoms with Crippen LogP contribution in [0.15, 0.2) is 22.7 Å². The standard InChI is InChI=1S/C14H24N2O2/c1-11(2)6-7-17-10-13-8-12(16-18-13)9-15-14(3,4)5/h8,15H,1,6-7,9-10H2,2-5H3. The van der Waals surface area contributed by atoms with Crippen molar-refractivity contribution in [2.45, 2.75) is 52.8 Å². The van der Waals surface area contributed by atoms with Gasteiger partial charge in [-0.2, -0.15) is 0 Å². The second kappa shape index (κ2) is 6.71. The van der Waals surface area contributed by atoms with E-state index >= 15 is 0 Å². The lowest BCUT2D eigenvalue weighted by molar-refractivity contribution is 0.104. The molecule has 0 aliphatic rings. The van der Waals surface area contributed by atoms with Gasteiger partial charge in [-0.3, -0.25) is 0 Å². The van der Waals surface area contributed by atoms with Crippen LogP contribution in [0, 0.1) is 0 Å². The van der Waals surface area contributed by atoms with Crippen molar-refractivity contribution in [3.8, 4) is 0 Å². The van der Waals surface area contributed by atoms with Crippen LogP contribution in [0.5, 0.6) is 0 Å². The van der Waals surface area contributed by atoms with Crippen LogP contribution >= 0.6 is 0 Å². The quantitative estimate of drug-likeness (QED) is 0.598. The number of aromatic nitrogens is 1. The highest BCUT2D eigenvalue weighted by atomic mass is 16.5. The molecule has 1 aromatic rings. The average molecular weight is 252 g/mol. The highest BCUT2D eigenvalue weighted by molar-refractivity contribution is 5.04. The molecule has 4 heteroatoms. The van der Waals surface area contributed by atoms with E-state index in [1.165, 1.54) is 0 Å². The number of nitrogens with one attached hydrogen (secondary N) is 1. The third-order valence-electron chi connectivity index (χ3n) is 2.33. The Hall–Kier alpha value is -1.13. The van der Waals surface area contributed by atoms with Crippen LogP contribution in [0.1, 0.15) is 45.6 Å². The monoisotopic (exact) mass is 252 g/mol. The highest BCUT2D eigenvalue weighted by Crippen LogP contribution is 2.08. The fraction of sp³-hybridized carbons (Fsp3) is 0.643. The molecule has 0 radical (unpaired) electrons. The first-order valence-electron chi connectivity index (χ1n) is 6.28. The van der Waals surface area contributed by atoms with Crippen LogP contribution in [0.25, 0.3) is 0 Å². The molecule has 0 aromatic carbocycles. The van der Waals surface area contributed by atoms with Crippen LogP contribution in [-0.4, -0.2) is 17.3 Å². The molecule has 0 amide bonds. The number of nitrogens with zero attached hydrogens (tertiary/aromatic N) is 1. The lowest BCUT2D eigenvalue weighted by Crippen LogP contribution is -2.35. The van der Waals surface area contributed by atoms with E-state index in [2.05, 4.69) is 37.8 Å². The minimum absolute atomic E-state index is 0.0805. The summed E-state index contributed by atoms with van der Waals surface area (Å²) in [6.45, 7) is 14.0. The molecule has 0 aliphatic carbocycles. The molecule has 0 spiro atoms. The van der Waals surface area contributed by atoms with Gasteiger partial charge in [0.25, 0.3) is 0 Å². The second-order valence-corrected chi connectivity index (χ2v) is 5.65. The lowest BCUT2D eigenvalue weighted by Gasteiger charge is -2.19. The van der Waals surface area contributed by atoms with E-state index in [0.29, 0.717) is 19.8 Å². The van der Waals surface area contributed by atoms with Crippen molar-refractivity contribution in [2.75, 3.05) is 6.61 Å². The molecule has 0 aliphatic heterocycles. The number of rotatable bonds is 7. The molecule has 0 saturated heterocycles. The normalized spacial score (nSPS) is 11.8. The van der Waals surface area contributed by atoms with Crippen molar-refractivity contribution < 1.29 is 9.26 Å². The Morgan fingerprint density at radius 3 is 2.83 bits per heavy atom. The summed E-state index contributed by atoms with van der Waals surface area (Å²) in [5.41, 5.74) is 2.11. The first-order valence-corrected chi connectivity index (χ1v) is 6.28. The Labute approximate surface area is 109 Å². The van der Waals surface area contributed by atoms with Gasteiger partial charge in [-0.1, -0.05) is 10.7 Å². The van der Waals surface area contributed by atoms with E-state index in [1.807, 2.05) is 13.0 Å². The SMILES string of the molecule is C=C(C)CCOCc1cc(CNC(C)(C)C)no1. The molecule has 0 atom stereocenters. The van der Waals surface area contributed by atoms with Gasteiger partial charge in [-0.25, -0.2) is 0 Å². The maximum Gasteiger partial charge on any atom is 0.162 e. The van der Waals surface area contributed by atoms with E-state index in [9.17, 15) is 0 Å². The summed E-state index contributed by atoms with van der Waals surface area (Å²) < 4.78 is 10.7. The van der Waals surface area contributed by atoms with E-state index in [4.69, 9.17) is 9.26 Å². The molecule has 0 saturated carbocycles. The molecular weight excluding hydrogens is 228 g/mol. The third kappa shape index (κ3) is 6.57. The summed E-state index contributed by atoms with van der Waals surface area (Å²) in [5.74, 6) is 0.766. The summed E-state index contributed by atoms with van der Waals surface area (Å²) in [6, 6.07) is 1.93. The van der Waals surface area contributed by atoms with Gasteiger partial charge < -0.3 is 14.6 Å². The van der Waals surface area contributed by atoms with Crippen molar-refractivity contribution in [1.29, 1.82) is 0 Å². The Balaban J connectivity index is 2.28. The summed E-state index contributed by atoms with van der Waals surface area (Å²) in [7, 11) is 0. The van der Waals surface area contributed by atoms with Crippen molar-refractivity contribution in [3.05, 3.63) is 29.7 Å². The summed E-state index contributed by atoms with van der Waals surface area (Å²) in [4.78, 5) is 0. The van der Waals surface area contributed by atoms with Crippen molar-refractivity contribution in [3.63, 3.8) is 0 Å². The molecule has 0 unspecified atom stereocenters. The van der Waals surface area contributed by atoms with E-state index < -0.39 is 0 Å². The van der Waals surface area contributed by atoms with Gasteiger partial charge in [0.05, 0.1) is 12.3 Å². The lowest BCUT2D eigenvalue weighted by atomic mass is 10.1. The molecule has 1 heterocycles. The molecular formula is C14H24N2O2. The molecule has 1 rings (SSSR count). The van der Waals surface area contributed by atoms with Gasteiger partial charge in [0.15, 0.2) is 5.76 Å². The number of hydrogen-bond donors (Lipinski definition) is 1. The van der Waals surface area contributed by atoms with Gasteiger partial charge in [0.1, 0.15) is 6.61 Å². The second-order valence-electron chi connectivity index (χ2n) is 5.65. The van der Waals surface area contributed by atoms with Crippen LogP contribution in [-0.2, 0) is 17.9 Å². The largest absolute Gasteiger partial charge is 0.373 e. The Morgan fingerprint density at radius 1 is 1.50 bits per heavy atom. The Bertz CT molecular complexity index is 377. The number of hydrogen-bond acceptors (Lipinski definition) is 4. The minimum Gasteiger partial charge on any atom is -0.373 e. The number of ether oxygens (including phenoxy) is 1. The molecule has 0 fully saturated rings. The molecule has 0 bridgehead atoms. The topological polar surface area (TPSA) is 47.3 Å². The zero-order valence-electron chi connectivity index (χ0n) is 11.9. The zero-order valence-corrected chi connectivity index (χ0v) is 11.9. The van der Waals surface area contributed by atoms with Crippen molar-refractivity contribution in [2.24, 2.45) is 0 Å². The molecule has 18 heavy (non-hydrogen) atoms. The van der Waals surface area contributed by atoms with E-state index in [-0.39, 0.29) is 5.54 Å². The van der Waals surface area contributed by atoms with Gasteiger partial charge in [0, 0.05) is 18.2 Å². The van der Waals surface area contributed by atoms with Crippen molar-refractivity contribution in [1.82, 2.24) is 10.5 Å². The third-order valence-corrected chi connectivity index (χ3v) is 2.33.